The zero-order chi connectivity index (χ0) is 20.4. The third kappa shape index (κ3) is 4.06. The van der Waals surface area contributed by atoms with E-state index in [0.717, 1.165) is 0 Å². The molecule has 29 heavy (non-hydrogen) atoms. The van der Waals surface area contributed by atoms with E-state index in [0.29, 0.717) is 62.9 Å². The molecule has 0 saturated heterocycles. The molecule has 0 amide bonds. The number of rotatable bonds is 7. The second kappa shape index (κ2) is 8.39. The van der Waals surface area contributed by atoms with Gasteiger partial charge in [-0.3, -0.25) is 0 Å². The van der Waals surface area contributed by atoms with Crippen LogP contribution in [0.1, 0.15) is 13.8 Å². The Labute approximate surface area is 177 Å². The fraction of sp³-hybridized carbons (Fsp3) is 0.300. The minimum absolute atomic E-state index is 0.0594. The molecule has 9 heteroatoms. The van der Waals surface area contributed by atoms with Gasteiger partial charge in [0.2, 0.25) is 6.79 Å². The third-order valence-corrected chi connectivity index (χ3v) is 4.58. The molecule has 1 N–H and O–H groups in total. The van der Waals surface area contributed by atoms with Crippen LogP contribution in [-0.2, 0) is 0 Å². The molecule has 1 aliphatic rings. The normalized spacial score (nSPS) is 12.4. The van der Waals surface area contributed by atoms with Crippen molar-refractivity contribution in [1.82, 2.24) is 9.97 Å². The van der Waals surface area contributed by atoms with Gasteiger partial charge in [0, 0.05) is 12.1 Å². The van der Waals surface area contributed by atoms with E-state index in [9.17, 15) is 0 Å². The minimum Gasteiger partial charge on any atom is -0.492 e. The van der Waals surface area contributed by atoms with E-state index < -0.39 is 0 Å². The van der Waals surface area contributed by atoms with Gasteiger partial charge in [0.05, 0.1) is 27.9 Å². The average Bonchev–Trinajstić information content (AvgIpc) is 3.17. The number of fused-ring (bicyclic) bond motifs is 2. The summed E-state index contributed by atoms with van der Waals surface area (Å²) < 4.78 is 22.7. The average molecular weight is 436 g/mol. The summed E-state index contributed by atoms with van der Waals surface area (Å²) in [6.45, 7) is 4.41. The molecule has 1 aliphatic heterocycles. The van der Waals surface area contributed by atoms with Crippen LogP contribution in [-0.4, -0.2) is 35.4 Å². The van der Waals surface area contributed by atoms with E-state index in [-0.39, 0.29) is 12.9 Å². The molecule has 0 aliphatic carbocycles. The first-order chi connectivity index (χ1) is 14.1. The van der Waals surface area contributed by atoms with Crippen molar-refractivity contribution >= 4 is 45.6 Å². The summed E-state index contributed by atoms with van der Waals surface area (Å²) in [7, 11) is 0. The van der Waals surface area contributed by atoms with Gasteiger partial charge in [-0.05, 0) is 26.0 Å². The predicted molar refractivity (Wildman–Crippen MR) is 112 cm³/mol. The molecule has 0 atom stereocenters. The van der Waals surface area contributed by atoms with Gasteiger partial charge in [0.15, 0.2) is 11.5 Å². The van der Waals surface area contributed by atoms with Gasteiger partial charge < -0.3 is 24.3 Å². The second-order valence-corrected chi connectivity index (χ2v) is 7.31. The van der Waals surface area contributed by atoms with Gasteiger partial charge in [0.25, 0.3) is 0 Å². The van der Waals surface area contributed by atoms with Crippen molar-refractivity contribution in [3.63, 3.8) is 0 Å². The molecule has 7 nitrogen and oxygen atoms in total. The maximum atomic E-state index is 6.41. The molecule has 2 aromatic carbocycles. The summed E-state index contributed by atoms with van der Waals surface area (Å²) in [5, 5.41) is 4.44. The summed E-state index contributed by atoms with van der Waals surface area (Å²) in [6.07, 6.45) is 1.40. The van der Waals surface area contributed by atoms with Gasteiger partial charge in [0.1, 0.15) is 35.9 Å². The van der Waals surface area contributed by atoms with Crippen LogP contribution in [0.15, 0.2) is 30.6 Å². The standard InChI is InChI=1S/C20H19Cl2N3O4/c1-11(2)29-16-8-12(26-6-5-21)7-14-17(16)20(24-9-23-14)25-18-13(22)3-4-15-19(18)28-10-27-15/h3-4,7-9,11H,5-6,10H2,1-2H3,(H,23,24,25). The molecular weight excluding hydrogens is 417 g/mol. The summed E-state index contributed by atoms with van der Waals surface area (Å²) in [5.74, 6) is 3.28. The Morgan fingerprint density at radius 3 is 2.86 bits per heavy atom. The number of nitrogens with one attached hydrogen (secondary N) is 1. The van der Waals surface area contributed by atoms with Crippen LogP contribution >= 0.6 is 23.2 Å². The van der Waals surface area contributed by atoms with E-state index >= 15 is 0 Å². The van der Waals surface area contributed by atoms with Crippen molar-refractivity contribution in [3.05, 3.63) is 35.6 Å². The fourth-order valence-electron chi connectivity index (χ4n) is 2.99. The van der Waals surface area contributed by atoms with Gasteiger partial charge in [-0.15, -0.1) is 11.6 Å². The van der Waals surface area contributed by atoms with Crippen LogP contribution in [0.25, 0.3) is 10.9 Å². The monoisotopic (exact) mass is 435 g/mol. The Kier molecular flexibility index (Phi) is 5.69. The highest BCUT2D eigenvalue weighted by Gasteiger charge is 2.22. The summed E-state index contributed by atoms with van der Waals surface area (Å²) in [6, 6.07) is 7.13. The SMILES string of the molecule is CC(C)Oc1cc(OCCCl)cc2ncnc(Nc3c(Cl)ccc4c3OCO4)c12. The van der Waals surface area contributed by atoms with Crippen molar-refractivity contribution in [2.24, 2.45) is 0 Å². The summed E-state index contributed by atoms with van der Waals surface area (Å²) >= 11 is 12.2. The van der Waals surface area contributed by atoms with Crippen molar-refractivity contribution in [2.75, 3.05) is 24.6 Å². The molecule has 1 aromatic heterocycles. The lowest BCUT2D eigenvalue weighted by molar-refractivity contribution is 0.174. The number of hydrogen-bond donors (Lipinski definition) is 1. The lowest BCUT2D eigenvalue weighted by Crippen LogP contribution is -2.08. The Morgan fingerprint density at radius 2 is 2.07 bits per heavy atom. The number of halogens is 2. The molecule has 0 saturated carbocycles. The molecule has 0 radical (unpaired) electrons. The maximum Gasteiger partial charge on any atom is 0.231 e. The molecule has 3 aromatic rings. The highest BCUT2D eigenvalue weighted by molar-refractivity contribution is 6.34. The molecule has 152 valence electrons. The van der Waals surface area contributed by atoms with E-state index in [1.807, 2.05) is 19.9 Å². The van der Waals surface area contributed by atoms with E-state index in [1.54, 1.807) is 18.2 Å². The van der Waals surface area contributed by atoms with Crippen LogP contribution in [0.5, 0.6) is 23.0 Å². The fourth-order valence-corrected chi connectivity index (χ4v) is 3.27. The Balaban J connectivity index is 1.82. The molecule has 0 unspecified atom stereocenters. The first-order valence-electron chi connectivity index (χ1n) is 9.06. The van der Waals surface area contributed by atoms with Crippen molar-refractivity contribution in [3.8, 4) is 23.0 Å². The zero-order valence-corrected chi connectivity index (χ0v) is 17.4. The first kappa shape index (κ1) is 19.7. The third-order valence-electron chi connectivity index (χ3n) is 4.12. The van der Waals surface area contributed by atoms with Crippen LogP contribution in [0.4, 0.5) is 11.5 Å². The number of anilines is 2. The van der Waals surface area contributed by atoms with E-state index in [2.05, 4.69) is 15.3 Å². The lowest BCUT2D eigenvalue weighted by Gasteiger charge is -2.17. The number of ether oxygens (including phenoxy) is 4. The number of aromatic nitrogens is 2. The predicted octanol–water partition coefficient (Wildman–Crippen LogP) is 5.16. The Bertz CT molecular complexity index is 1050. The quantitative estimate of drug-likeness (QED) is 0.513. The first-order valence-corrected chi connectivity index (χ1v) is 9.97. The Morgan fingerprint density at radius 1 is 1.21 bits per heavy atom. The maximum absolute atomic E-state index is 6.41. The number of nitrogens with zero attached hydrogens (tertiary/aromatic N) is 2. The highest BCUT2D eigenvalue weighted by Crippen LogP contribution is 2.46. The number of alkyl halides is 1. The number of hydrogen-bond acceptors (Lipinski definition) is 7. The van der Waals surface area contributed by atoms with Crippen molar-refractivity contribution in [2.45, 2.75) is 20.0 Å². The van der Waals surface area contributed by atoms with E-state index in [4.69, 9.17) is 42.1 Å². The lowest BCUT2D eigenvalue weighted by atomic mass is 10.2. The van der Waals surface area contributed by atoms with Gasteiger partial charge in [-0.25, -0.2) is 9.97 Å². The topological polar surface area (TPSA) is 74.7 Å². The van der Waals surface area contributed by atoms with Crippen LogP contribution in [0, 0.1) is 0 Å². The number of benzene rings is 2. The van der Waals surface area contributed by atoms with Gasteiger partial charge in [-0.1, -0.05) is 11.6 Å². The largest absolute Gasteiger partial charge is 0.492 e. The molecular formula is C20H19Cl2N3O4. The molecule has 0 fully saturated rings. The smallest absolute Gasteiger partial charge is 0.231 e. The van der Waals surface area contributed by atoms with Gasteiger partial charge in [-0.2, -0.15) is 0 Å². The van der Waals surface area contributed by atoms with Crippen molar-refractivity contribution in [1.29, 1.82) is 0 Å². The summed E-state index contributed by atoms with van der Waals surface area (Å²) in [4.78, 5) is 8.79. The Hall–Kier alpha value is -2.64. The second-order valence-electron chi connectivity index (χ2n) is 6.52. The van der Waals surface area contributed by atoms with Crippen LogP contribution in [0.3, 0.4) is 0 Å². The zero-order valence-electron chi connectivity index (χ0n) is 15.9. The van der Waals surface area contributed by atoms with E-state index in [1.165, 1.54) is 6.33 Å². The molecule has 4 rings (SSSR count). The minimum atomic E-state index is -0.0594. The molecule has 0 spiro atoms. The van der Waals surface area contributed by atoms with Gasteiger partial charge >= 0.3 is 0 Å². The van der Waals surface area contributed by atoms with Crippen molar-refractivity contribution < 1.29 is 18.9 Å². The molecule has 2 heterocycles. The van der Waals surface area contributed by atoms with Crippen LogP contribution < -0.4 is 24.3 Å². The molecule has 0 bridgehead atoms. The van der Waals surface area contributed by atoms with Crippen LogP contribution in [0.2, 0.25) is 5.02 Å². The highest BCUT2D eigenvalue weighted by atomic mass is 35.5. The summed E-state index contributed by atoms with van der Waals surface area (Å²) in [5.41, 5.74) is 1.23.